The van der Waals surface area contributed by atoms with Crippen molar-refractivity contribution in [1.82, 2.24) is 5.32 Å². The second-order valence-corrected chi connectivity index (χ2v) is 3.88. The molecule has 1 aromatic carbocycles. The molecule has 2 atom stereocenters. The van der Waals surface area contributed by atoms with Crippen LogP contribution in [0.4, 0.5) is 4.39 Å². The number of aliphatic hydroxyl groups is 1. The average molecular weight is 270 g/mol. The molecular formula is C12H15FN2O4. The van der Waals surface area contributed by atoms with E-state index in [4.69, 9.17) is 15.6 Å². The number of hydrogen-bond acceptors (Lipinski definition) is 4. The summed E-state index contributed by atoms with van der Waals surface area (Å²) in [6.07, 6.45) is -2.30. The van der Waals surface area contributed by atoms with Crippen molar-refractivity contribution in [1.29, 1.82) is 0 Å². The molecule has 0 radical (unpaired) electrons. The highest BCUT2D eigenvalue weighted by atomic mass is 19.1. The third-order valence-electron chi connectivity index (χ3n) is 2.29. The van der Waals surface area contributed by atoms with E-state index in [0.29, 0.717) is 5.75 Å². The topological polar surface area (TPSA) is 102 Å². The Bertz CT molecular complexity index is 450. The van der Waals surface area contributed by atoms with Gasteiger partial charge in [-0.3, -0.25) is 9.59 Å². The molecule has 4 N–H and O–H groups in total. The van der Waals surface area contributed by atoms with Crippen LogP contribution in [0.25, 0.3) is 0 Å². The number of aliphatic hydroxyl groups excluding tert-OH is 1. The van der Waals surface area contributed by atoms with E-state index in [2.05, 4.69) is 5.32 Å². The van der Waals surface area contributed by atoms with Crippen LogP contribution in [-0.4, -0.2) is 35.7 Å². The number of halogens is 1. The van der Waals surface area contributed by atoms with Crippen molar-refractivity contribution in [3.8, 4) is 5.75 Å². The van der Waals surface area contributed by atoms with Crippen LogP contribution in [0.3, 0.4) is 0 Å². The van der Waals surface area contributed by atoms with Gasteiger partial charge in [-0.1, -0.05) is 0 Å². The van der Waals surface area contributed by atoms with Crippen molar-refractivity contribution in [2.24, 2.45) is 5.73 Å². The van der Waals surface area contributed by atoms with Gasteiger partial charge >= 0.3 is 0 Å². The summed E-state index contributed by atoms with van der Waals surface area (Å²) in [5.41, 5.74) is 4.83. The van der Waals surface area contributed by atoms with E-state index in [9.17, 15) is 14.0 Å². The number of primary amides is 1. The van der Waals surface area contributed by atoms with E-state index in [-0.39, 0.29) is 6.54 Å². The summed E-state index contributed by atoms with van der Waals surface area (Å²) in [5, 5.41) is 11.4. The van der Waals surface area contributed by atoms with E-state index in [1.54, 1.807) is 0 Å². The van der Waals surface area contributed by atoms with E-state index < -0.39 is 29.8 Å². The molecule has 1 aromatic rings. The predicted molar refractivity (Wildman–Crippen MR) is 64.7 cm³/mol. The third-order valence-corrected chi connectivity index (χ3v) is 2.29. The zero-order valence-corrected chi connectivity index (χ0v) is 10.3. The third kappa shape index (κ3) is 4.92. The molecule has 0 spiro atoms. The molecule has 0 aliphatic carbocycles. The second-order valence-electron chi connectivity index (χ2n) is 3.88. The smallest absolute Gasteiger partial charge is 0.260 e. The van der Waals surface area contributed by atoms with Crippen LogP contribution in [-0.2, 0) is 9.59 Å². The van der Waals surface area contributed by atoms with Crippen LogP contribution in [0.15, 0.2) is 24.3 Å². The van der Waals surface area contributed by atoms with Gasteiger partial charge in [-0.05, 0) is 31.2 Å². The summed E-state index contributed by atoms with van der Waals surface area (Å²) in [6.45, 7) is 1.20. The Morgan fingerprint density at radius 2 is 2.00 bits per heavy atom. The van der Waals surface area contributed by atoms with Gasteiger partial charge in [0, 0.05) is 0 Å². The van der Waals surface area contributed by atoms with Crippen LogP contribution in [0.2, 0.25) is 0 Å². The van der Waals surface area contributed by atoms with Crippen molar-refractivity contribution in [2.45, 2.75) is 19.1 Å². The average Bonchev–Trinajstić information content (AvgIpc) is 2.37. The molecule has 7 heteroatoms. The first-order chi connectivity index (χ1) is 8.90. The van der Waals surface area contributed by atoms with Crippen molar-refractivity contribution in [2.75, 3.05) is 6.54 Å². The minimum atomic E-state index is -1.44. The lowest BCUT2D eigenvalue weighted by atomic mass is 10.3. The first kappa shape index (κ1) is 14.9. The summed E-state index contributed by atoms with van der Waals surface area (Å²) in [5.74, 6) is -1.52. The number of benzene rings is 1. The SMILES string of the molecule is CC(Oc1ccc(F)cc1)C(=O)NCC(O)C(N)=O. The number of hydrogen-bond donors (Lipinski definition) is 3. The Labute approximate surface area is 109 Å². The second kappa shape index (κ2) is 6.69. The maximum Gasteiger partial charge on any atom is 0.260 e. The van der Waals surface area contributed by atoms with Gasteiger partial charge in [0.05, 0.1) is 6.54 Å². The highest BCUT2D eigenvalue weighted by Gasteiger charge is 2.17. The van der Waals surface area contributed by atoms with Crippen LogP contribution in [0, 0.1) is 5.82 Å². The van der Waals surface area contributed by atoms with Gasteiger partial charge in [-0.2, -0.15) is 0 Å². The van der Waals surface area contributed by atoms with Gasteiger partial charge in [-0.25, -0.2) is 4.39 Å². The molecule has 19 heavy (non-hydrogen) atoms. The maximum atomic E-state index is 12.7. The van der Waals surface area contributed by atoms with Crippen LogP contribution in [0.1, 0.15) is 6.92 Å². The van der Waals surface area contributed by atoms with Gasteiger partial charge in [0.25, 0.3) is 5.91 Å². The lowest BCUT2D eigenvalue weighted by molar-refractivity contribution is -0.129. The quantitative estimate of drug-likeness (QED) is 0.652. The van der Waals surface area contributed by atoms with Crippen molar-refractivity contribution >= 4 is 11.8 Å². The molecule has 1 rings (SSSR count). The molecule has 0 saturated carbocycles. The number of rotatable bonds is 6. The van der Waals surface area contributed by atoms with Gasteiger partial charge < -0.3 is 20.9 Å². The number of amides is 2. The first-order valence-corrected chi connectivity index (χ1v) is 5.57. The number of carbonyl (C=O) groups excluding carboxylic acids is 2. The Hall–Kier alpha value is -2.15. The molecule has 0 aliphatic heterocycles. The fourth-order valence-corrected chi connectivity index (χ4v) is 1.21. The number of nitrogens with two attached hydrogens (primary N) is 1. The Morgan fingerprint density at radius 3 is 2.53 bits per heavy atom. The molecule has 2 unspecified atom stereocenters. The standard InChI is InChI=1S/C12H15FN2O4/c1-7(12(18)15-6-10(16)11(14)17)19-9-4-2-8(13)3-5-9/h2-5,7,10,16H,6H2,1H3,(H2,14,17)(H,15,18). The molecule has 2 amide bonds. The van der Waals surface area contributed by atoms with E-state index >= 15 is 0 Å². The summed E-state index contributed by atoms with van der Waals surface area (Å²) < 4.78 is 17.9. The molecule has 6 nitrogen and oxygen atoms in total. The summed E-state index contributed by atoms with van der Waals surface area (Å²) in [6, 6.07) is 5.18. The minimum Gasteiger partial charge on any atom is -0.481 e. The highest BCUT2D eigenvalue weighted by Crippen LogP contribution is 2.12. The molecule has 104 valence electrons. The van der Waals surface area contributed by atoms with Crippen LogP contribution >= 0.6 is 0 Å². The van der Waals surface area contributed by atoms with Gasteiger partial charge in [0.1, 0.15) is 17.7 Å². The monoisotopic (exact) mass is 270 g/mol. The maximum absolute atomic E-state index is 12.7. The van der Waals surface area contributed by atoms with Crippen molar-refractivity contribution in [3.63, 3.8) is 0 Å². The predicted octanol–water partition coefficient (Wildman–Crippen LogP) is -0.445. The largest absolute Gasteiger partial charge is 0.481 e. The molecule has 0 aromatic heterocycles. The van der Waals surface area contributed by atoms with Crippen LogP contribution < -0.4 is 15.8 Å². The summed E-state index contributed by atoms with van der Waals surface area (Å²) >= 11 is 0. The highest BCUT2D eigenvalue weighted by molar-refractivity contribution is 5.83. The summed E-state index contributed by atoms with van der Waals surface area (Å²) in [7, 11) is 0. The van der Waals surface area contributed by atoms with Gasteiger partial charge in [-0.15, -0.1) is 0 Å². The molecular weight excluding hydrogens is 255 g/mol. The van der Waals surface area contributed by atoms with Crippen LogP contribution in [0.5, 0.6) is 5.75 Å². The lowest BCUT2D eigenvalue weighted by Gasteiger charge is -2.15. The molecule has 0 aliphatic rings. The van der Waals surface area contributed by atoms with Crippen molar-refractivity contribution < 1.29 is 23.8 Å². The normalized spacial score (nSPS) is 13.4. The number of nitrogens with one attached hydrogen (secondary N) is 1. The number of ether oxygens (including phenoxy) is 1. The zero-order chi connectivity index (χ0) is 14.4. The van der Waals surface area contributed by atoms with Gasteiger partial charge in [0.2, 0.25) is 5.91 Å². The van der Waals surface area contributed by atoms with E-state index in [1.165, 1.54) is 31.2 Å². The fourth-order valence-electron chi connectivity index (χ4n) is 1.21. The molecule has 0 heterocycles. The van der Waals surface area contributed by atoms with Gasteiger partial charge in [0.15, 0.2) is 6.10 Å². The fraction of sp³-hybridized carbons (Fsp3) is 0.333. The zero-order valence-electron chi connectivity index (χ0n) is 10.3. The van der Waals surface area contributed by atoms with Crippen molar-refractivity contribution in [3.05, 3.63) is 30.1 Å². The molecule has 0 bridgehead atoms. The first-order valence-electron chi connectivity index (χ1n) is 5.57. The Balaban J connectivity index is 2.44. The van der Waals surface area contributed by atoms with E-state index in [1.807, 2.05) is 0 Å². The molecule has 0 saturated heterocycles. The Kier molecular flexibility index (Phi) is 5.25. The summed E-state index contributed by atoms with van der Waals surface area (Å²) in [4.78, 5) is 22.1. The minimum absolute atomic E-state index is 0.286. The van der Waals surface area contributed by atoms with E-state index in [0.717, 1.165) is 0 Å². The lowest BCUT2D eigenvalue weighted by Crippen LogP contribution is -2.44. The molecule has 0 fully saturated rings. The Morgan fingerprint density at radius 1 is 1.42 bits per heavy atom. The number of carbonyl (C=O) groups is 2.